The van der Waals surface area contributed by atoms with Gasteiger partial charge in [0.05, 0.1) is 0 Å². The number of hydrogen-bond donors (Lipinski definition) is 3. The molecule has 0 bridgehead atoms. The smallest absolute Gasteiger partial charge is 0.325 e. The summed E-state index contributed by atoms with van der Waals surface area (Å²) in [6.45, 7) is 8.92. The standard InChI is InChI=1S/C22H29N3O5S/c1-6-11(2)15(17(26)23-12(3)21(29)30)24-18(27)16-22(4,5)31-20-14-10-8-7-9-13(14)19(28)25(16)20/h7-12,15-16,20H,6H2,1-5H3,(H,23,26)(H,24,27)(H,29,30)/t11-,12-,15+,16+,20-/m1/s1. The average molecular weight is 448 g/mol. The molecule has 3 rings (SSSR count). The van der Waals surface area contributed by atoms with E-state index in [0.717, 1.165) is 5.56 Å². The van der Waals surface area contributed by atoms with E-state index in [2.05, 4.69) is 10.6 Å². The zero-order chi connectivity index (χ0) is 23.1. The Morgan fingerprint density at radius 3 is 2.45 bits per heavy atom. The van der Waals surface area contributed by atoms with E-state index in [0.29, 0.717) is 12.0 Å². The van der Waals surface area contributed by atoms with Gasteiger partial charge >= 0.3 is 5.97 Å². The van der Waals surface area contributed by atoms with Crippen molar-refractivity contribution in [3.8, 4) is 0 Å². The fourth-order valence-electron chi connectivity index (χ4n) is 4.10. The Kier molecular flexibility index (Phi) is 6.36. The fourth-order valence-corrected chi connectivity index (χ4v) is 5.69. The van der Waals surface area contributed by atoms with E-state index in [1.165, 1.54) is 6.92 Å². The number of amides is 3. The van der Waals surface area contributed by atoms with Crippen LogP contribution in [0.5, 0.6) is 0 Å². The van der Waals surface area contributed by atoms with Gasteiger partial charge in [0, 0.05) is 10.3 Å². The van der Waals surface area contributed by atoms with Crippen molar-refractivity contribution in [1.82, 2.24) is 15.5 Å². The second-order valence-corrected chi connectivity index (χ2v) is 10.5. The minimum atomic E-state index is -1.15. The first-order valence-corrected chi connectivity index (χ1v) is 11.3. The van der Waals surface area contributed by atoms with Gasteiger partial charge in [0.25, 0.3) is 5.91 Å². The number of aliphatic carboxylic acids is 1. The lowest BCUT2D eigenvalue weighted by Crippen LogP contribution is -2.59. The molecule has 3 N–H and O–H groups in total. The van der Waals surface area contributed by atoms with Crippen LogP contribution in [0.4, 0.5) is 0 Å². The van der Waals surface area contributed by atoms with E-state index in [-0.39, 0.29) is 17.2 Å². The number of fused-ring (bicyclic) bond motifs is 3. The lowest BCUT2D eigenvalue weighted by Gasteiger charge is -2.32. The van der Waals surface area contributed by atoms with Gasteiger partial charge in [-0.2, -0.15) is 0 Å². The van der Waals surface area contributed by atoms with Gasteiger partial charge in [0.2, 0.25) is 11.8 Å². The molecule has 2 heterocycles. The number of carbonyl (C=O) groups is 4. The lowest BCUT2D eigenvalue weighted by molar-refractivity contribution is -0.142. The molecule has 0 spiro atoms. The van der Waals surface area contributed by atoms with Gasteiger partial charge in [-0.1, -0.05) is 38.5 Å². The highest BCUT2D eigenvalue weighted by Gasteiger charge is 2.57. The molecular weight excluding hydrogens is 418 g/mol. The number of carbonyl (C=O) groups excluding carboxylic acids is 3. The first kappa shape index (κ1) is 23.1. The molecule has 0 aromatic heterocycles. The van der Waals surface area contributed by atoms with Crippen LogP contribution in [0.1, 0.15) is 62.3 Å². The van der Waals surface area contributed by atoms with Crippen molar-refractivity contribution < 1.29 is 24.3 Å². The first-order valence-electron chi connectivity index (χ1n) is 10.4. The van der Waals surface area contributed by atoms with Crippen LogP contribution in [0.2, 0.25) is 0 Å². The molecule has 1 aromatic rings. The number of rotatable bonds is 7. The van der Waals surface area contributed by atoms with E-state index in [4.69, 9.17) is 5.11 Å². The Morgan fingerprint density at radius 1 is 1.19 bits per heavy atom. The number of hydrogen-bond acceptors (Lipinski definition) is 5. The van der Waals surface area contributed by atoms with E-state index in [9.17, 15) is 19.2 Å². The third-order valence-electron chi connectivity index (χ3n) is 6.07. The number of carboxylic acids is 1. The Hall–Kier alpha value is -2.55. The van der Waals surface area contributed by atoms with Gasteiger partial charge in [-0.25, -0.2) is 0 Å². The second kappa shape index (κ2) is 8.53. The summed E-state index contributed by atoms with van der Waals surface area (Å²) in [6, 6.07) is 4.61. The maximum Gasteiger partial charge on any atom is 0.325 e. The van der Waals surface area contributed by atoms with Crippen molar-refractivity contribution in [3.05, 3.63) is 35.4 Å². The molecule has 5 atom stereocenters. The van der Waals surface area contributed by atoms with Gasteiger partial charge in [-0.15, -0.1) is 11.8 Å². The third kappa shape index (κ3) is 4.15. The largest absolute Gasteiger partial charge is 0.480 e. The molecule has 1 aromatic carbocycles. The van der Waals surface area contributed by atoms with Crippen molar-refractivity contribution in [2.45, 2.75) is 69.3 Å². The second-order valence-electron chi connectivity index (χ2n) is 8.72. The summed E-state index contributed by atoms with van der Waals surface area (Å²) < 4.78 is -0.567. The van der Waals surface area contributed by atoms with Gasteiger partial charge in [-0.3, -0.25) is 19.2 Å². The topological polar surface area (TPSA) is 116 Å². The number of carboxylic acid groups (broad SMARTS) is 1. The monoisotopic (exact) mass is 447 g/mol. The van der Waals surface area contributed by atoms with Crippen molar-refractivity contribution in [1.29, 1.82) is 0 Å². The minimum Gasteiger partial charge on any atom is -0.480 e. The summed E-state index contributed by atoms with van der Waals surface area (Å²) in [5, 5.41) is 14.1. The molecule has 0 radical (unpaired) electrons. The number of thioether (sulfide) groups is 1. The Labute approximate surface area is 186 Å². The average Bonchev–Trinajstić information content (AvgIpc) is 3.14. The highest BCUT2D eigenvalue weighted by molar-refractivity contribution is 8.01. The van der Waals surface area contributed by atoms with Crippen LogP contribution >= 0.6 is 11.8 Å². The third-order valence-corrected chi connectivity index (χ3v) is 7.60. The molecule has 1 fully saturated rings. The quantitative estimate of drug-likeness (QED) is 0.590. The molecule has 2 aliphatic rings. The van der Waals surface area contributed by atoms with Gasteiger partial charge in [-0.05, 0) is 38.3 Å². The molecule has 0 unspecified atom stereocenters. The molecule has 168 valence electrons. The van der Waals surface area contributed by atoms with Gasteiger partial charge in [0.1, 0.15) is 23.5 Å². The van der Waals surface area contributed by atoms with Crippen LogP contribution < -0.4 is 10.6 Å². The van der Waals surface area contributed by atoms with Crippen LogP contribution in [-0.4, -0.2) is 56.6 Å². The predicted molar refractivity (Wildman–Crippen MR) is 117 cm³/mol. The van der Waals surface area contributed by atoms with Crippen LogP contribution in [0.15, 0.2) is 24.3 Å². The zero-order valence-electron chi connectivity index (χ0n) is 18.3. The lowest BCUT2D eigenvalue weighted by atomic mass is 9.95. The van der Waals surface area contributed by atoms with Crippen LogP contribution in [0.3, 0.4) is 0 Å². The van der Waals surface area contributed by atoms with Gasteiger partial charge in [0.15, 0.2) is 0 Å². The van der Waals surface area contributed by atoms with Crippen molar-refractivity contribution in [2.75, 3.05) is 0 Å². The molecule has 2 aliphatic heterocycles. The molecule has 0 aliphatic carbocycles. The minimum absolute atomic E-state index is 0.192. The summed E-state index contributed by atoms with van der Waals surface area (Å²) in [4.78, 5) is 52.0. The summed E-state index contributed by atoms with van der Waals surface area (Å²) in [7, 11) is 0. The maximum absolute atomic E-state index is 13.4. The Balaban J connectivity index is 1.85. The van der Waals surface area contributed by atoms with E-state index in [1.54, 1.807) is 28.8 Å². The van der Waals surface area contributed by atoms with E-state index < -0.39 is 40.7 Å². The van der Waals surface area contributed by atoms with Crippen LogP contribution in [0, 0.1) is 5.92 Å². The van der Waals surface area contributed by atoms with Gasteiger partial charge < -0.3 is 20.6 Å². The van der Waals surface area contributed by atoms with Crippen molar-refractivity contribution in [2.24, 2.45) is 5.92 Å². The number of benzene rings is 1. The molecule has 0 saturated carbocycles. The normalized spacial score (nSPS) is 24.0. The molecule has 9 heteroatoms. The maximum atomic E-state index is 13.4. The Morgan fingerprint density at radius 2 is 1.84 bits per heavy atom. The molecule has 1 saturated heterocycles. The molecule has 8 nitrogen and oxygen atoms in total. The zero-order valence-corrected chi connectivity index (χ0v) is 19.2. The highest BCUT2D eigenvalue weighted by Crippen LogP contribution is 2.56. The summed E-state index contributed by atoms with van der Waals surface area (Å²) in [6.07, 6.45) is 0.610. The number of nitrogens with one attached hydrogen (secondary N) is 2. The van der Waals surface area contributed by atoms with Crippen LogP contribution in [-0.2, 0) is 14.4 Å². The molecular formula is C22H29N3O5S. The molecule has 3 amide bonds. The van der Waals surface area contributed by atoms with E-state index >= 15 is 0 Å². The van der Waals surface area contributed by atoms with Crippen LogP contribution in [0.25, 0.3) is 0 Å². The van der Waals surface area contributed by atoms with Crippen molar-refractivity contribution >= 4 is 35.5 Å². The summed E-state index contributed by atoms with van der Waals surface area (Å²) in [5.74, 6) is -2.52. The SMILES string of the molecule is CC[C@@H](C)[C@H](NC(=O)[C@@H]1N2C(=O)c3ccccc3[C@H]2SC1(C)C)C(=O)N[C@H](C)C(=O)O. The fraction of sp³-hybridized carbons (Fsp3) is 0.545. The Bertz CT molecular complexity index is 918. The van der Waals surface area contributed by atoms with E-state index in [1.807, 2.05) is 39.8 Å². The van der Waals surface area contributed by atoms with Crippen molar-refractivity contribution in [3.63, 3.8) is 0 Å². The summed E-state index contributed by atoms with van der Waals surface area (Å²) in [5.41, 5.74) is 1.49. The first-order chi connectivity index (χ1) is 14.5. The number of nitrogens with zero attached hydrogens (tertiary/aromatic N) is 1. The molecule has 31 heavy (non-hydrogen) atoms. The predicted octanol–water partition coefficient (Wildman–Crippen LogP) is 2.16. The summed E-state index contributed by atoms with van der Waals surface area (Å²) >= 11 is 1.55. The highest BCUT2D eigenvalue weighted by atomic mass is 32.2.